The standard InChI is InChI=1S/C20H24FN5O/c1-13-8-22-9-18(23-13)25-10-15-11-26(20(27)24(2)3)19(17(15)12-25)14-5-4-6-16(21)7-14/h4-9,15,17,19H,10-12H2,1-3H3/t15-,17-,19-/m1/s1. The molecule has 2 aromatic rings. The predicted octanol–water partition coefficient (Wildman–Crippen LogP) is 2.72. The van der Waals surface area contributed by atoms with Crippen molar-refractivity contribution in [1.29, 1.82) is 0 Å². The Hall–Kier alpha value is -2.70. The van der Waals surface area contributed by atoms with Crippen LogP contribution >= 0.6 is 0 Å². The monoisotopic (exact) mass is 369 g/mol. The van der Waals surface area contributed by atoms with Crippen LogP contribution in [0.2, 0.25) is 0 Å². The zero-order chi connectivity index (χ0) is 19.1. The molecule has 1 aromatic heterocycles. The summed E-state index contributed by atoms with van der Waals surface area (Å²) in [6.07, 6.45) is 3.53. The largest absolute Gasteiger partial charge is 0.355 e. The van der Waals surface area contributed by atoms with Crippen LogP contribution in [0, 0.1) is 24.6 Å². The van der Waals surface area contributed by atoms with Gasteiger partial charge in [-0.05, 0) is 24.6 Å². The molecule has 0 bridgehead atoms. The molecule has 27 heavy (non-hydrogen) atoms. The van der Waals surface area contributed by atoms with Crippen molar-refractivity contribution in [3.05, 3.63) is 53.7 Å². The van der Waals surface area contributed by atoms with Gasteiger partial charge in [-0.15, -0.1) is 0 Å². The number of benzene rings is 1. The molecular weight excluding hydrogens is 345 g/mol. The summed E-state index contributed by atoms with van der Waals surface area (Å²) in [5.74, 6) is 1.16. The Labute approximate surface area is 158 Å². The topological polar surface area (TPSA) is 52.6 Å². The van der Waals surface area contributed by atoms with Crippen LogP contribution in [0.3, 0.4) is 0 Å². The van der Waals surface area contributed by atoms with E-state index in [-0.39, 0.29) is 23.8 Å². The highest BCUT2D eigenvalue weighted by Gasteiger charge is 2.49. The number of carbonyl (C=O) groups is 1. The third-order valence-corrected chi connectivity index (χ3v) is 5.55. The van der Waals surface area contributed by atoms with Gasteiger partial charge in [0.2, 0.25) is 0 Å². The van der Waals surface area contributed by atoms with Crippen LogP contribution in [-0.2, 0) is 0 Å². The lowest BCUT2D eigenvalue weighted by atomic mass is 9.89. The molecule has 0 radical (unpaired) electrons. The lowest BCUT2D eigenvalue weighted by molar-refractivity contribution is 0.159. The first kappa shape index (κ1) is 17.7. The summed E-state index contributed by atoms with van der Waals surface area (Å²) in [4.78, 5) is 27.3. The van der Waals surface area contributed by atoms with Gasteiger partial charge in [0.25, 0.3) is 0 Å². The second-order valence-corrected chi connectivity index (χ2v) is 7.68. The van der Waals surface area contributed by atoms with Crippen molar-refractivity contribution < 1.29 is 9.18 Å². The average molecular weight is 369 g/mol. The first-order valence-electron chi connectivity index (χ1n) is 9.21. The smallest absolute Gasteiger partial charge is 0.320 e. The SMILES string of the molecule is Cc1cncc(N2C[C@@H]3CN(C(=O)N(C)C)[C@H](c4cccc(F)c4)[C@@H]3C2)n1. The van der Waals surface area contributed by atoms with E-state index in [9.17, 15) is 9.18 Å². The van der Waals surface area contributed by atoms with E-state index in [4.69, 9.17) is 0 Å². The summed E-state index contributed by atoms with van der Waals surface area (Å²) < 4.78 is 13.9. The molecule has 1 aromatic carbocycles. The van der Waals surface area contributed by atoms with E-state index >= 15 is 0 Å². The van der Waals surface area contributed by atoms with Gasteiger partial charge in [0.05, 0.1) is 17.9 Å². The summed E-state index contributed by atoms with van der Waals surface area (Å²) >= 11 is 0. The molecule has 0 unspecified atom stereocenters. The second kappa shape index (κ2) is 6.79. The van der Waals surface area contributed by atoms with Gasteiger partial charge in [-0.1, -0.05) is 12.1 Å². The third kappa shape index (κ3) is 3.22. The molecule has 6 nitrogen and oxygen atoms in total. The number of aryl methyl sites for hydroxylation is 1. The van der Waals surface area contributed by atoms with Crippen LogP contribution in [0.4, 0.5) is 15.0 Å². The first-order chi connectivity index (χ1) is 12.9. The van der Waals surface area contributed by atoms with Crippen LogP contribution < -0.4 is 4.90 Å². The fraction of sp³-hybridized carbons (Fsp3) is 0.450. The molecule has 0 N–H and O–H groups in total. The van der Waals surface area contributed by atoms with E-state index in [2.05, 4.69) is 14.9 Å². The van der Waals surface area contributed by atoms with Gasteiger partial charge in [0.15, 0.2) is 0 Å². The number of urea groups is 1. The molecule has 142 valence electrons. The first-order valence-corrected chi connectivity index (χ1v) is 9.21. The lowest BCUT2D eigenvalue weighted by Gasteiger charge is -2.32. The molecule has 0 aliphatic carbocycles. The molecule has 0 spiro atoms. The Morgan fingerprint density at radius 1 is 1.22 bits per heavy atom. The van der Waals surface area contributed by atoms with Crippen LogP contribution in [0.1, 0.15) is 17.3 Å². The molecule has 2 fully saturated rings. The maximum atomic E-state index is 13.9. The van der Waals surface area contributed by atoms with Crippen molar-refractivity contribution in [3.63, 3.8) is 0 Å². The Kier molecular flexibility index (Phi) is 4.45. The summed E-state index contributed by atoms with van der Waals surface area (Å²) in [5.41, 5.74) is 1.74. The minimum atomic E-state index is -0.271. The Morgan fingerprint density at radius 2 is 2.04 bits per heavy atom. The van der Waals surface area contributed by atoms with Gasteiger partial charge in [0, 0.05) is 51.8 Å². The number of rotatable bonds is 2. The summed E-state index contributed by atoms with van der Waals surface area (Å²) in [5, 5.41) is 0. The van der Waals surface area contributed by atoms with Crippen molar-refractivity contribution in [3.8, 4) is 0 Å². The molecule has 2 aliphatic heterocycles. The molecule has 2 amide bonds. The zero-order valence-corrected chi connectivity index (χ0v) is 15.8. The van der Waals surface area contributed by atoms with Crippen LogP contribution in [0.15, 0.2) is 36.7 Å². The van der Waals surface area contributed by atoms with Crippen molar-refractivity contribution in [2.75, 3.05) is 38.6 Å². The van der Waals surface area contributed by atoms with E-state index in [0.717, 1.165) is 30.2 Å². The average Bonchev–Trinajstić information content (AvgIpc) is 3.18. The highest BCUT2D eigenvalue weighted by atomic mass is 19.1. The zero-order valence-electron chi connectivity index (χ0n) is 15.8. The Balaban J connectivity index is 1.65. The maximum absolute atomic E-state index is 13.9. The van der Waals surface area contributed by atoms with Crippen LogP contribution in [0.25, 0.3) is 0 Å². The van der Waals surface area contributed by atoms with Crippen LogP contribution in [-0.4, -0.2) is 59.5 Å². The molecule has 3 atom stereocenters. The van der Waals surface area contributed by atoms with E-state index in [0.29, 0.717) is 12.5 Å². The number of halogens is 1. The molecular formula is C20H24FN5O. The quantitative estimate of drug-likeness (QED) is 0.817. The number of hydrogen-bond donors (Lipinski definition) is 0. The Morgan fingerprint density at radius 3 is 2.74 bits per heavy atom. The number of carbonyl (C=O) groups excluding carboxylic acids is 1. The number of likely N-dealkylation sites (tertiary alicyclic amines) is 1. The van der Waals surface area contributed by atoms with Gasteiger partial charge in [-0.2, -0.15) is 0 Å². The van der Waals surface area contributed by atoms with Crippen molar-refractivity contribution in [2.24, 2.45) is 11.8 Å². The number of aromatic nitrogens is 2. The van der Waals surface area contributed by atoms with Crippen molar-refractivity contribution in [2.45, 2.75) is 13.0 Å². The summed E-state index contributed by atoms with van der Waals surface area (Å²) in [7, 11) is 3.52. The van der Waals surface area contributed by atoms with Gasteiger partial charge in [-0.25, -0.2) is 14.2 Å². The number of amides is 2. The van der Waals surface area contributed by atoms with E-state index in [1.165, 1.54) is 6.07 Å². The van der Waals surface area contributed by atoms with E-state index in [1.54, 1.807) is 43.5 Å². The maximum Gasteiger partial charge on any atom is 0.320 e. The van der Waals surface area contributed by atoms with E-state index < -0.39 is 0 Å². The fourth-order valence-electron chi connectivity index (χ4n) is 4.41. The van der Waals surface area contributed by atoms with Gasteiger partial charge < -0.3 is 14.7 Å². The Bertz CT molecular complexity index is 858. The molecule has 2 saturated heterocycles. The molecule has 3 heterocycles. The number of nitrogens with zero attached hydrogens (tertiary/aromatic N) is 5. The second-order valence-electron chi connectivity index (χ2n) is 7.68. The highest BCUT2D eigenvalue weighted by molar-refractivity contribution is 5.75. The summed E-state index contributed by atoms with van der Waals surface area (Å²) in [6, 6.07) is 6.47. The number of hydrogen-bond acceptors (Lipinski definition) is 4. The minimum absolute atomic E-state index is 0.0273. The minimum Gasteiger partial charge on any atom is -0.355 e. The predicted molar refractivity (Wildman–Crippen MR) is 101 cm³/mol. The number of anilines is 1. The summed E-state index contributed by atoms with van der Waals surface area (Å²) in [6.45, 7) is 4.20. The third-order valence-electron chi connectivity index (χ3n) is 5.55. The molecule has 4 rings (SSSR count). The molecule has 7 heteroatoms. The lowest BCUT2D eigenvalue weighted by Crippen LogP contribution is -2.41. The van der Waals surface area contributed by atoms with Gasteiger partial charge >= 0.3 is 6.03 Å². The van der Waals surface area contributed by atoms with Crippen LogP contribution in [0.5, 0.6) is 0 Å². The van der Waals surface area contributed by atoms with Crippen molar-refractivity contribution in [1.82, 2.24) is 19.8 Å². The highest BCUT2D eigenvalue weighted by Crippen LogP contribution is 2.46. The van der Waals surface area contributed by atoms with Crippen molar-refractivity contribution >= 4 is 11.8 Å². The van der Waals surface area contributed by atoms with Gasteiger partial charge in [0.1, 0.15) is 11.6 Å². The number of fused-ring (bicyclic) bond motifs is 1. The molecule has 2 aliphatic rings. The normalized spacial score (nSPS) is 24.2. The fourth-order valence-corrected chi connectivity index (χ4v) is 4.41. The van der Waals surface area contributed by atoms with Gasteiger partial charge in [-0.3, -0.25) is 4.98 Å². The molecule has 0 saturated carbocycles. The van der Waals surface area contributed by atoms with E-state index in [1.807, 2.05) is 17.9 Å².